The molecule has 0 saturated heterocycles. The summed E-state index contributed by atoms with van der Waals surface area (Å²) in [4.78, 5) is 0. The highest BCUT2D eigenvalue weighted by Gasteiger charge is 2.38. The van der Waals surface area contributed by atoms with Crippen LogP contribution in [0.5, 0.6) is 0 Å². The Kier molecular flexibility index (Phi) is 5.97. The van der Waals surface area contributed by atoms with E-state index in [1.807, 2.05) is 0 Å². The molecule has 9 heteroatoms. The molecule has 19 heavy (non-hydrogen) atoms. The van der Waals surface area contributed by atoms with Crippen molar-refractivity contribution >= 4 is 15.8 Å². The molecule has 0 heterocycles. The van der Waals surface area contributed by atoms with E-state index in [9.17, 15) is 21.6 Å². The fourth-order valence-electron chi connectivity index (χ4n) is 1.10. The van der Waals surface area contributed by atoms with Gasteiger partial charge in [0.2, 0.25) is 0 Å². The number of aryl methyl sites for hydroxylation is 1. The molecule has 0 spiro atoms. The van der Waals surface area contributed by atoms with Crippen molar-refractivity contribution in [2.75, 3.05) is 6.26 Å². The minimum Gasteiger partial charge on any atom is -0.410 e. The first-order chi connectivity index (χ1) is 8.46. The van der Waals surface area contributed by atoms with Gasteiger partial charge >= 0.3 is 6.18 Å². The molecule has 0 aliphatic carbocycles. The Hall–Kier alpha value is -1.61. The van der Waals surface area contributed by atoms with Crippen LogP contribution in [0.4, 0.5) is 13.2 Å². The fourth-order valence-corrected chi connectivity index (χ4v) is 1.10. The normalized spacial score (nSPS) is 12.6. The Morgan fingerprint density at radius 1 is 1.26 bits per heavy atom. The lowest BCUT2D eigenvalue weighted by Gasteiger charge is -2.10. The maximum atomic E-state index is 12.3. The van der Waals surface area contributed by atoms with E-state index >= 15 is 0 Å². The zero-order valence-corrected chi connectivity index (χ0v) is 10.8. The second kappa shape index (κ2) is 6.53. The summed E-state index contributed by atoms with van der Waals surface area (Å²) in [6.07, 6.45) is -3.92. The maximum absolute atomic E-state index is 12.3. The van der Waals surface area contributed by atoms with E-state index in [4.69, 9.17) is 9.76 Å². The lowest BCUT2D eigenvalue weighted by molar-refractivity contribution is -0.0601. The van der Waals surface area contributed by atoms with Crippen LogP contribution < -0.4 is 0 Å². The predicted molar refractivity (Wildman–Crippen MR) is 63.0 cm³/mol. The van der Waals surface area contributed by atoms with Crippen LogP contribution in [0.3, 0.4) is 0 Å². The van der Waals surface area contributed by atoms with Crippen LogP contribution in [0.15, 0.2) is 29.4 Å². The summed E-state index contributed by atoms with van der Waals surface area (Å²) in [7, 11) is -3.67. The summed E-state index contributed by atoms with van der Waals surface area (Å²) in [5.74, 6) is 0. The highest BCUT2D eigenvalue weighted by Crippen LogP contribution is 2.24. The van der Waals surface area contributed by atoms with Crippen molar-refractivity contribution in [2.45, 2.75) is 13.1 Å². The Morgan fingerprint density at radius 2 is 1.68 bits per heavy atom. The van der Waals surface area contributed by atoms with Crippen molar-refractivity contribution in [1.82, 2.24) is 0 Å². The van der Waals surface area contributed by atoms with Gasteiger partial charge in [0.25, 0.3) is 10.1 Å². The van der Waals surface area contributed by atoms with E-state index in [2.05, 4.69) is 5.16 Å². The van der Waals surface area contributed by atoms with Gasteiger partial charge in [0.15, 0.2) is 5.71 Å². The number of halogens is 3. The molecule has 0 unspecified atom stereocenters. The molecule has 5 nitrogen and oxygen atoms in total. The summed E-state index contributed by atoms with van der Waals surface area (Å²) in [6, 6.07) is 5.85. The number of hydrogen-bond donors (Lipinski definition) is 2. The van der Waals surface area contributed by atoms with Gasteiger partial charge in [0.1, 0.15) is 0 Å². The molecular formula is C10H12F3NO4S. The lowest BCUT2D eigenvalue weighted by atomic mass is 10.0. The molecule has 0 radical (unpaired) electrons. The highest BCUT2D eigenvalue weighted by atomic mass is 32.2. The quantitative estimate of drug-likeness (QED) is 0.360. The lowest BCUT2D eigenvalue weighted by Crippen LogP contribution is -2.24. The summed E-state index contributed by atoms with van der Waals surface area (Å²) in [6.45, 7) is 1.52. The van der Waals surface area contributed by atoms with Crippen molar-refractivity contribution in [3.8, 4) is 0 Å². The van der Waals surface area contributed by atoms with Gasteiger partial charge < -0.3 is 5.21 Å². The molecule has 0 aliphatic rings. The van der Waals surface area contributed by atoms with Gasteiger partial charge in [-0.1, -0.05) is 29.4 Å². The number of benzene rings is 1. The van der Waals surface area contributed by atoms with Gasteiger partial charge in [-0.15, -0.1) is 0 Å². The Balaban J connectivity index is 0.000000555. The molecule has 0 aromatic heterocycles. The number of nitrogens with zero attached hydrogens (tertiary/aromatic N) is 1. The smallest absolute Gasteiger partial charge is 0.410 e. The van der Waals surface area contributed by atoms with Crippen molar-refractivity contribution in [3.63, 3.8) is 0 Å². The van der Waals surface area contributed by atoms with Gasteiger partial charge in [0.05, 0.1) is 6.26 Å². The van der Waals surface area contributed by atoms with Crippen molar-refractivity contribution in [2.24, 2.45) is 5.16 Å². The zero-order valence-electron chi connectivity index (χ0n) is 10.0. The number of hydrogen-bond acceptors (Lipinski definition) is 4. The van der Waals surface area contributed by atoms with Gasteiger partial charge in [-0.3, -0.25) is 4.55 Å². The number of alkyl halides is 3. The zero-order chi connectivity index (χ0) is 15.3. The molecule has 0 atom stereocenters. The molecular weight excluding hydrogens is 287 g/mol. The summed E-state index contributed by atoms with van der Waals surface area (Å²) in [5.41, 5.74) is -0.962. The first-order valence-corrected chi connectivity index (χ1v) is 6.59. The van der Waals surface area contributed by atoms with E-state index < -0.39 is 22.0 Å². The Morgan fingerprint density at radius 3 is 2.00 bits per heavy atom. The molecule has 0 fully saturated rings. The second-order valence-corrected chi connectivity index (χ2v) is 4.96. The van der Waals surface area contributed by atoms with Crippen LogP contribution in [-0.4, -0.2) is 36.3 Å². The van der Waals surface area contributed by atoms with Crippen molar-refractivity contribution in [1.29, 1.82) is 0 Å². The third kappa shape index (κ3) is 7.42. The number of rotatable bonds is 1. The topological polar surface area (TPSA) is 87.0 Å². The van der Waals surface area contributed by atoms with E-state index in [1.165, 1.54) is 25.1 Å². The molecule has 0 bridgehead atoms. The second-order valence-electron chi connectivity index (χ2n) is 3.49. The maximum Gasteiger partial charge on any atom is 0.437 e. The van der Waals surface area contributed by atoms with Crippen LogP contribution in [0, 0.1) is 6.92 Å². The third-order valence-electron chi connectivity index (χ3n) is 1.77. The van der Waals surface area contributed by atoms with Crippen LogP contribution in [0.1, 0.15) is 11.1 Å². The largest absolute Gasteiger partial charge is 0.437 e. The summed E-state index contributed by atoms with van der Waals surface area (Å²) in [5, 5.41) is 10.6. The standard InChI is InChI=1S/C9H8F3NO.CH4O3S/c1-6-4-2-3-5-7(6)8(13-14)9(10,11)12;1-5(2,3)4/h2-5,14H,1H3;1H3,(H,2,3,4). The molecule has 1 aromatic carbocycles. The molecule has 1 aromatic rings. The fraction of sp³-hybridized carbons (Fsp3) is 0.300. The molecule has 108 valence electrons. The minimum atomic E-state index is -4.64. The van der Waals surface area contributed by atoms with Crippen LogP contribution in [0.2, 0.25) is 0 Å². The summed E-state index contributed by atoms with van der Waals surface area (Å²) < 4.78 is 62.8. The van der Waals surface area contributed by atoms with E-state index in [0.717, 1.165) is 0 Å². The van der Waals surface area contributed by atoms with Crippen LogP contribution >= 0.6 is 0 Å². The average Bonchev–Trinajstić information content (AvgIpc) is 2.17. The molecule has 0 aliphatic heterocycles. The molecule has 2 N–H and O–H groups in total. The average molecular weight is 299 g/mol. The van der Waals surface area contributed by atoms with Gasteiger partial charge in [-0.05, 0) is 12.5 Å². The summed E-state index contributed by atoms with van der Waals surface area (Å²) >= 11 is 0. The van der Waals surface area contributed by atoms with E-state index in [-0.39, 0.29) is 5.56 Å². The Bertz CT molecular complexity index is 544. The predicted octanol–water partition coefficient (Wildman–Crippen LogP) is 2.24. The first kappa shape index (κ1) is 17.4. The monoisotopic (exact) mass is 299 g/mol. The van der Waals surface area contributed by atoms with Gasteiger partial charge in [-0.2, -0.15) is 21.6 Å². The third-order valence-corrected chi connectivity index (χ3v) is 1.77. The van der Waals surface area contributed by atoms with Crippen LogP contribution in [-0.2, 0) is 10.1 Å². The van der Waals surface area contributed by atoms with Crippen molar-refractivity contribution in [3.05, 3.63) is 35.4 Å². The van der Waals surface area contributed by atoms with E-state index in [1.54, 1.807) is 6.07 Å². The van der Waals surface area contributed by atoms with E-state index in [0.29, 0.717) is 11.8 Å². The van der Waals surface area contributed by atoms with Gasteiger partial charge in [0, 0.05) is 5.56 Å². The van der Waals surface area contributed by atoms with Gasteiger partial charge in [-0.25, -0.2) is 0 Å². The molecule has 0 amide bonds. The number of oxime groups is 1. The minimum absolute atomic E-state index is 0.109. The highest BCUT2D eigenvalue weighted by molar-refractivity contribution is 7.85. The first-order valence-electron chi connectivity index (χ1n) is 4.74. The van der Waals surface area contributed by atoms with Crippen molar-refractivity contribution < 1.29 is 31.3 Å². The molecule has 1 rings (SSSR count). The van der Waals surface area contributed by atoms with Crippen LogP contribution in [0.25, 0.3) is 0 Å². The molecule has 0 saturated carbocycles. The SMILES string of the molecule is CS(=O)(=O)O.Cc1ccccc1C(=NO)C(F)(F)F. The Labute approximate surface area is 108 Å².